The first-order chi connectivity index (χ1) is 9.35. The van der Waals surface area contributed by atoms with Crippen molar-refractivity contribution in [2.75, 3.05) is 30.8 Å². The third-order valence-electron chi connectivity index (χ3n) is 2.49. The Morgan fingerprint density at radius 1 is 1.40 bits per heavy atom. The van der Waals surface area contributed by atoms with E-state index in [0.717, 1.165) is 15.2 Å². The van der Waals surface area contributed by atoms with Crippen LogP contribution in [0.2, 0.25) is 0 Å². The van der Waals surface area contributed by atoms with Gasteiger partial charge in [0.1, 0.15) is 6.61 Å². The number of fused-ring (bicyclic) bond motifs is 1. The van der Waals surface area contributed by atoms with Gasteiger partial charge in [-0.2, -0.15) is 13.2 Å². The van der Waals surface area contributed by atoms with Crippen LogP contribution in [0.5, 0.6) is 0 Å². The van der Waals surface area contributed by atoms with Gasteiger partial charge in [-0.3, -0.25) is 0 Å². The number of aromatic nitrogens is 1. The summed E-state index contributed by atoms with van der Waals surface area (Å²) < 4.78 is 41.1. The number of aryl methyl sites for hydroxylation is 1. The lowest BCUT2D eigenvalue weighted by atomic mass is 10.2. The molecule has 3 N–H and O–H groups in total. The zero-order valence-corrected chi connectivity index (χ0v) is 11.6. The first-order valence-corrected chi connectivity index (χ1v) is 6.72. The van der Waals surface area contributed by atoms with E-state index in [1.807, 2.05) is 6.92 Å². The Morgan fingerprint density at radius 3 is 2.85 bits per heavy atom. The van der Waals surface area contributed by atoms with Gasteiger partial charge in [-0.15, -0.1) is 11.3 Å². The monoisotopic (exact) mass is 305 g/mol. The van der Waals surface area contributed by atoms with Crippen LogP contribution in [0.4, 0.5) is 24.5 Å². The molecule has 0 bridgehead atoms. The van der Waals surface area contributed by atoms with Gasteiger partial charge in [0.15, 0.2) is 0 Å². The van der Waals surface area contributed by atoms with E-state index in [1.54, 1.807) is 23.5 Å². The van der Waals surface area contributed by atoms with Crippen molar-refractivity contribution < 1.29 is 17.9 Å². The van der Waals surface area contributed by atoms with E-state index >= 15 is 0 Å². The molecule has 110 valence electrons. The quantitative estimate of drug-likeness (QED) is 0.658. The van der Waals surface area contributed by atoms with Crippen LogP contribution in [-0.4, -0.2) is 30.9 Å². The van der Waals surface area contributed by atoms with Crippen molar-refractivity contribution in [1.82, 2.24) is 4.98 Å². The summed E-state index contributed by atoms with van der Waals surface area (Å²) in [6.45, 7) is 0.857. The minimum atomic E-state index is -4.30. The molecule has 20 heavy (non-hydrogen) atoms. The average molecular weight is 305 g/mol. The highest BCUT2D eigenvalue weighted by Crippen LogP contribution is 2.29. The predicted molar refractivity (Wildman–Crippen MR) is 74.1 cm³/mol. The fourth-order valence-electron chi connectivity index (χ4n) is 1.70. The Bertz CT molecular complexity index is 597. The first kappa shape index (κ1) is 14.9. The van der Waals surface area contributed by atoms with Crippen LogP contribution in [0.3, 0.4) is 0 Å². The highest BCUT2D eigenvalue weighted by atomic mass is 32.1. The van der Waals surface area contributed by atoms with Crippen molar-refractivity contribution in [2.24, 2.45) is 0 Å². The number of hydrogen-bond donors (Lipinski definition) is 2. The summed E-state index contributed by atoms with van der Waals surface area (Å²) in [4.78, 5) is 4.33. The maximum Gasteiger partial charge on any atom is 0.411 e. The lowest BCUT2D eigenvalue weighted by Crippen LogP contribution is -2.20. The van der Waals surface area contributed by atoms with Crippen molar-refractivity contribution in [3.05, 3.63) is 17.1 Å². The number of nitrogens with zero attached hydrogens (tertiary/aromatic N) is 1. The van der Waals surface area contributed by atoms with Gasteiger partial charge in [-0.1, -0.05) is 0 Å². The first-order valence-electron chi connectivity index (χ1n) is 5.90. The van der Waals surface area contributed by atoms with Gasteiger partial charge in [-0.25, -0.2) is 4.98 Å². The van der Waals surface area contributed by atoms with Crippen molar-refractivity contribution >= 4 is 32.9 Å². The van der Waals surface area contributed by atoms with Crippen LogP contribution in [0, 0.1) is 6.92 Å². The standard InChI is InChI=1S/C12H14F3N3OS/c1-7-18-10-5-9(8(16)4-11(10)20-7)17-2-3-19-6-12(13,14)15/h4-5,17H,2-3,6,16H2,1H3. The number of ether oxygens (including phenoxy) is 1. The summed E-state index contributed by atoms with van der Waals surface area (Å²) in [7, 11) is 0. The molecule has 1 aromatic heterocycles. The zero-order valence-electron chi connectivity index (χ0n) is 10.8. The number of nitrogen functional groups attached to an aromatic ring is 1. The number of rotatable bonds is 5. The molecule has 0 saturated carbocycles. The highest BCUT2D eigenvalue weighted by molar-refractivity contribution is 7.18. The Kier molecular flexibility index (Phi) is 4.34. The van der Waals surface area contributed by atoms with Gasteiger partial charge in [-0.05, 0) is 19.1 Å². The number of halogens is 3. The third-order valence-corrected chi connectivity index (χ3v) is 3.43. The molecule has 4 nitrogen and oxygen atoms in total. The number of hydrogen-bond acceptors (Lipinski definition) is 5. The van der Waals surface area contributed by atoms with Crippen molar-refractivity contribution in [1.29, 1.82) is 0 Å². The number of nitrogens with one attached hydrogen (secondary N) is 1. The Morgan fingerprint density at radius 2 is 2.15 bits per heavy atom. The number of anilines is 2. The van der Waals surface area contributed by atoms with E-state index in [9.17, 15) is 13.2 Å². The summed E-state index contributed by atoms with van der Waals surface area (Å²) in [6, 6.07) is 3.59. The second-order valence-corrected chi connectivity index (χ2v) is 5.47. The molecule has 0 aliphatic carbocycles. The number of alkyl halides is 3. The van der Waals surface area contributed by atoms with Crippen LogP contribution in [0.25, 0.3) is 10.2 Å². The Labute approximate surface area is 117 Å². The topological polar surface area (TPSA) is 60.2 Å². The smallest absolute Gasteiger partial charge is 0.397 e. The van der Waals surface area contributed by atoms with Crippen molar-refractivity contribution in [2.45, 2.75) is 13.1 Å². The van der Waals surface area contributed by atoms with E-state index in [1.165, 1.54) is 0 Å². The molecule has 0 aliphatic heterocycles. The molecule has 0 fully saturated rings. The van der Waals surface area contributed by atoms with E-state index in [-0.39, 0.29) is 13.2 Å². The number of nitrogens with two attached hydrogens (primary N) is 1. The summed E-state index contributed by atoms with van der Waals surface area (Å²) >= 11 is 1.54. The van der Waals surface area contributed by atoms with Gasteiger partial charge in [0.2, 0.25) is 0 Å². The summed E-state index contributed by atoms with van der Waals surface area (Å²) in [6.07, 6.45) is -4.30. The fraction of sp³-hybridized carbons (Fsp3) is 0.417. The van der Waals surface area contributed by atoms with Crippen LogP contribution >= 0.6 is 11.3 Å². The maximum atomic E-state index is 11.9. The lowest BCUT2D eigenvalue weighted by Gasteiger charge is -2.11. The molecule has 2 aromatic rings. The highest BCUT2D eigenvalue weighted by Gasteiger charge is 2.27. The van der Waals surface area contributed by atoms with Gasteiger partial charge < -0.3 is 15.8 Å². The second kappa shape index (κ2) is 5.84. The molecule has 0 spiro atoms. The van der Waals surface area contributed by atoms with E-state index in [4.69, 9.17) is 5.73 Å². The van der Waals surface area contributed by atoms with Crippen LogP contribution in [0.15, 0.2) is 12.1 Å². The normalized spacial score (nSPS) is 12.0. The molecule has 1 aromatic carbocycles. The van der Waals surface area contributed by atoms with Crippen molar-refractivity contribution in [3.63, 3.8) is 0 Å². The van der Waals surface area contributed by atoms with Crippen LogP contribution < -0.4 is 11.1 Å². The molecular weight excluding hydrogens is 291 g/mol. The minimum absolute atomic E-state index is 0.0485. The SMILES string of the molecule is Cc1nc2cc(NCCOCC(F)(F)F)c(N)cc2s1. The Hall–Kier alpha value is -1.54. The summed E-state index contributed by atoms with van der Waals surface area (Å²) in [5.41, 5.74) is 7.89. The van der Waals surface area contributed by atoms with Crippen LogP contribution in [0.1, 0.15) is 5.01 Å². The van der Waals surface area contributed by atoms with Gasteiger partial charge in [0.25, 0.3) is 0 Å². The molecule has 0 saturated heterocycles. The molecule has 8 heteroatoms. The molecule has 2 rings (SSSR count). The van der Waals surface area contributed by atoms with Gasteiger partial charge in [0, 0.05) is 6.54 Å². The third kappa shape index (κ3) is 3.97. The van der Waals surface area contributed by atoms with Gasteiger partial charge >= 0.3 is 6.18 Å². The predicted octanol–water partition coefficient (Wildman–Crippen LogP) is 3.18. The Balaban J connectivity index is 1.91. The van der Waals surface area contributed by atoms with Gasteiger partial charge in [0.05, 0.1) is 33.2 Å². The minimum Gasteiger partial charge on any atom is -0.397 e. The number of benzene rings is 1. The van der Waals surface area contributed by atoms with E-state index in [0.29, 0.717) is 11.4 Å². The molecule has 0 radical (unpaired) electrons. The molecule has 0 atom stereocenters. The molecule has 0 aliphatic rings. The molecular formula is C12H14F3N3OS. The van der Waals surface area contributed by atoms with Crippen LogP contribution in [-0.2, 0) is 4.74 Å². The van der Waals surface area contributed by atoms with Crippen molar-refractivity contribution in [3.8, 4) is 0 Å². The zero-order chi connectivity index (χ0) is 14.8. The summed E-state index contributed by atoms with van der Waals surface area (Å²) in [5, 5.41) is 3.88. The second-order valence-electron chi connectivity index (χ2n) is 4.23. The summed E-state index contributed by atoms with van der Waals surface area (Å²) in [5.74, 6) is 0. The molecule has 1 heterocycles. The fourth-order valence-corrected chi connectivity index (χ4v) is 2.56. The number of thiazole rings is 1. The van der Waals surface area contributed by atoms with E-state index in [2.05, 4.69) is 15.0 Å². The lowest BCUT2D eigenvalue weighted by molar-refractivity contribution is -0.172. The maximum absolute atomic E-state index is 11.9. The van der Waals surface area contributed by atoms with E-state index < -0.39 is 12.8 Å². The largest absolute Gasteiger partial charge is 0.411 e. The molecule has 0 amide bonds. The average Bonchev–Trinajstić information content (AvgIpc) is 2.66. The molecule has 0 unspecified atom stereocenters.